The summed E-state index contributed by atoms with van der Waals surface area (Å²) in [5, 5.41) is 9.39. The van der Waals surface area contributed by atoms with Gasteiger partial charge in [-0.3, -0.25) is 9.69 Å². The molecule has 7 heteroatoms. The fourth-order valence-electron chi connectivity index (χ4n) is 1.80. The number of rotatable bonds is 4. The van der Waals surface area contributed by atoms with Gasteiger partial charge in [0.25, 0.3) is 5.91 Å². The monoisotopic (exact) mass is 353 g/mol. The second kappa shape index (κ2) is 7.09. The Bertz CT molecular complexity index is 685. The lowest BCUT2D eigenvalue weighted by molar-refractivity contribution is -0.144. The summed E-state index contributed by atoms with van der Waals surface area (Å²) in [7, 11) is 0. The van der Waals surface area contributed by atoms with E-state index in [4.69, 9.17) is 28.9 Å². The Morgan fingerprint density at radius 3 is 2.64 bits per heavy atom. The van der Waals surface area contributed by atoms with E-state index in [9.17, 15) is 9.59 Å². The summed E-state index contributed by atoms with van der Waals surface area (Å²) in [4.78, 5) is 24.7. The van der Waals surface area contributed by atoms with Crippen LogP contribution in [-0.4, -0.2) is 32.2 Å². The van der Waals surface area contributed by atoms with Gasteiger partial charge in [-0.05, 0) is 24.6 Å². The summed E-state index contributed by atoms with van der Waals surface area (Å²) >= 11 is 12.3. The molecule has 1 aromatic rings. The molecule has 1 unspecified atom stereocenters. The van der Waals surface area contributed by atoms with Crippen LogP contribution in [0.15, 0.2) is 46.3 Å². The van der Waals surface area contributed by atoms with Crippen molar-refractivity contribution in [3.63, 3.8) is 0 Å². The average Bonchev–Trinajstić information content (AvgIpc) is 2.73. The molecule has 0 aliphatic carbocycles. The van der Waals surface area contributed by atoms with Gasteiger partial charge >= 0.3 is 5.97 Å². The molecule has 1 aromatic carbocycles. The molecule has 1 fully saturated rings. The lowest BCUT2D eigenvalue weighted by Gasteiger charge is -2.18. The lowest BCUT2D eigenvalue weighted by atomic mass is 10.2. The highest BCUT2D eigenvalue weighted by Crippen LogP contribution is 2.34. The first-order chi connectivity index (χ1) is 10.4. The van der Waals surface area contributed by atoms with Crippen LogP contribution in [0.3, 0.4) is 0 Å². The predicted octanol–water partition coefficient (Wildman–Crippen LogP) is 3.48. The summed E-state index contributed by atoms with van der Waals surface area (Å²) in [6.07, 6.45) is 3.22. The third kappa shape index (κ3) is 3.76. The first kappa shape index (κ1) is 16.7. The fourth-order valence-corrected chi connectivity index (χ4v) is 3.51. The largest absolute Gasteiger partial charge is 0.480 e. The minimum absolute atomic E-state index is 0.218. The topological polar surface area (TPSA) is 57.6 Å². The molecule has 4 nitrogen and oxygen atoms in total. The number of carbonyl (C=O) groups excluding carboxylic acids is 1. The third-order valence-corrected chi connectivity index (χ3v) is 4.49. The number of halogens is 1. The zero-order chi connectivity index (χ0) is 16.3. The Morgan fingerprint density at radius 2 is 2.05 bits per heavy atom. The molecular formula is C15H12ClNO3S2. The van der Waals surface area contributed by atoms with Crippen molar-refractivity contribution >= 4 is 57.9 Å². The number of hydrogen-bond donors (Lipinski definition) is 1. The minimum atomic E-state index is -1.11. The van der Waals surface area contributed by atoms with Crippen LogP contribution in [0.2, 0.25) is 0 Å². The average molecular weight is 354 g/mol. The van der Waals surface area contributed by atoms with Crippen molar-refractivity contribution in [3.05, 3.63) is 51.9 Å². The number of allylic oxidation sites excluding steroid dienone is 2. The summed E-state index contributed by atoms with van der Waals surface area (Å²) in [6.45, 7) is 1.41. The van der Waals surface area contributed by atoms with Gasteiger partial charge in [0.1, 0.15) is 10.4 Å². The van der Waals surface area contributed by atoms with Crippen molar-refractivity contribution < 1.29 is 14.7 Å². The molecule has 1 aliphatic rings. The van der Waals surface area contributed by atoms with Crippen LogP contribution in [0.1, 0.15) is 12.5 Å². The van der Waals surface area contributed by atoms with E-state index in [1.54, 1.807) is 6.08 Å². The highest BCUT2D eigenvalue weighted by atomic mass is 35.5. The number of benzene rings is 1. The van der Waals surface area contributed by atoms with E-state index in [1.165, 1.54) is 13.0 Å². The van der Waals surface area contributed by atoms with Crippen LogP contribution < -0.4 is 0 Å². The van der Waals surface area contributed by atoms with Crippen molar-refractivity contribution in [2.75, 3.05) is 0 Å². The Kier molecular flexibility index (Phi) is 5.39. The first-order valence-electron chi connectivity index (χ1n) is 6.32. The molecule has 0 bridgehead atoms. The first-order valence-corrected chi connectivity index (χ1v) is 7.92. The van der Waals surface area contributed by atoms with Crippen molar-refractivity contribution in [1.29, 1.82) is 0 Å². The second-order valence-electron chi connectivity index (χ2n) is 4.51. The Balaban J connectivity index is 2.23. The zero-order valence-corrected chi connectivity index (χ0v) is 13.9. The van der Waals surface area contributed by atoms with Gasteiger partial charge in [-0.2, -0.15) is 0 Å². The number of nitrogens with zero attached hydrogens (tertiary/aromatic N) is 1. The Labute approximate surface area is 142 Å². The van der Waals surface area contributed by atoms with E-state index >= 15 is 0 Å². The van der Waals surface area contributed by atoms with Crippen LogP contribution in [0.5, 0.6) is 0 Å². The van der Waals surface area contributed by atoms with Gasteiger partial charge in [0.2, 0.25) is 0 Å². The number of carboxylic acid groups (broad SMARTS) is 1. The van der Waals surface area contributed by atoms with E-state index < -0.39 is 17.9 Å². The minimum Gasteiger partial charge on any atom is -0.480 e. The molecule has 114 valence electrons. The normalized spacial score (nSPS) is 18.9. The van der Waals surface area contributed by atoms with Gasteiger partial charge < -0.3 is 5.11 Å². The molecule has 0 spiro atoms. The van der Waals surface area contributed by atoms with Gasteiger partial charge in [0, 0.05) is 5.03 Å². The number of amides is 1. The Morgan fingerprint density at radius 1 is 1.41 bits per heavy atom. The van der Waals surface area contributed by atoms with Gasteiger partial charge in [0.05, 0.1) is 4.91 Å². The number of carbonyl (C=O) groups is 2. The van der Waals surface area contributed by atoms with Crippen LogP contribution in [0.4, 0.5) is 0 Å². The summed E-state index contributed by atoms with van der Waals surface area (Å²) in [5.74, 6) is -1.55. The maximum Gasteiger partial charge on any atom is 0.326 e. The molecule has 1 N–H and O–H groups in total. The van der Waals surface area contributed by atoms with Crippen molar-refractivity contribution in [3.8, 4) is 0 Å². The van der Waals surface area contributed by atoms with Gasteiger partial charge in [-0.15, -0.1) is 0 Å². The molecule has 2 rings (SSSR count). The van der Waals surface area contributed by atoms with Gasteiger partial charge in [-0.25, -0.2) is 4.79 Å². The second-order valence-corrected chi connectivity index (χ2v) is 6.62. The number of aliphatic carboxylic acids is 1. The van der Waals surface area contributed by atoms with E-state index in [1.807, 2.05) is 30.3 Å². The van der Waals surface area contributed by atoms with Crippen LogP contribution >= 0.6 is 35.6 Å². The molecule has 1 aliphatic heterocycles. The quantitative estimate of drug-likeness (QED) is 0.663. The highest BCUT2D eigenvalue weighted by molar-refractivity contribution is 8.26. The molecule has 1 saturated heterocycles. The van der Waals surface area contributed by atoms with Crippen molar-refractivity contribution in [2.24, 2.45) is 0 Å². The number of carboxylic acids is 1. The maximum absolute atomic E-state index is 12.2. The number of hydrogen-bond acceptors (Lipinski definition) is 4. The van der Waals surface area contributed by atoms with E-state index in [0.29, 0.717) is 9.94 Å². The van der Waals surface area contributed by atoms with Crippen LogP contribution in [-0.2, 0) is 9.59 Å². The summed E-state index contributed by atoms with van der Waals surface area (Å²) in [5.41, 5.74) is 0.901. The molecule has 0 saturated carbocycles. The molecular weight excluding hydrogens is 342 g/mol. The molecule has 1 atom stereocenters. The molecule has 1 amide bonds. The fraction of sp³-hybridized carbons (Fsp3) is 0.133. The summed E-state index contributed by atoms with van der Waals surface area (Å²) < 4.78 is 0.218. The Hall–Kier alpha value is -1.63. The van der Waals surface area contributed by atoms with Gasteiger partial charge in [0.15, 0.2) is 0 Å². The van der Waals surface area contributed by atoms with E-state index in [-0.39, 0.29) is 4.32 Å². The number of thioether (sulfide) groups is 1. The van der Waals surface area contributed by atoms with E-state index in [0.717, 1.165) is 22.2 Å². The van der Waals surface area contributed by atoms with Crippen LogP contribution in [0, 0.1) is 0 Å². The van der Waals surface area contributed by atoms with Gasteiger partial charge in [-0.1, -0.05) is 65.9 Å². The predicted molar refractivity (Wildman–Crippen MR) is 92.5 cm³/mol. The SMILES string of the molecule is CC(C(=O)O)N1C(=O)C(=CC(Cl)=Cc2ccccc2)SC1=S. The van der Waals surface area contributed by atoms with Crippen LogP contribution in [0.25, 0.3) is 6.08 Å². The lowest BCUT2D eigenvalue weighted by Crippen LogP contribution is -2.41. The smallest absolute Gasteiger partial charge is 0.326 e. The molecule has 22 heavy (non-hydrogen) atoms. The standard InChI is InChI=1S/C15H12ClNO3S2/c1-9(14(19)20)17-13(18)12(22-15(17)21)8-11(16)7-10-5-3-2-4-6-10/h2-9H,1H3,(H,19,20). The van der Waals surface area contributed by atoms with E-state index in [2.05, 4.69) is 0 Å². The molecule has 0 radical (unpaired) electrons. The summed E-state index contributed by atoms with van der Waals surface area (Å²) in [6, 6.07) is 8.41. The van der Waals surface area contributed by atoms with Crippen molar-refractivity contribution in [1.82, 2.24) is 4.90 Å². The number of thiocarbonyl (C=S) groups is 1. The maximum atomic E-state index is 12.2. The zero-order valence-electron chi connectivity index (χ0n) is 11.5. The van der Waals surface area contributed by atoms with Crippen molar-refractivity contribution in [2.45, 2.75) is 13.0 Å². The molecule has 1 heterocycles. The highest BCUT2D eigenvalue weighted by Gasteiger charge is 2.38. The third-order valence-electron chi connectivity index (χ3n) is 2.94. The molecule has 0 aromatic heterocycles.